The van der Waals surface area contributed by atoms with Gasteiger partial charge in [-0.2, -0.15) is 0 Å². The van der Waals surface area contributed by atoms with Crippen LogP contribution in [0.5, 0.6) is 5.75 Å². The Labute approximate surface area is 183 Å². The van der Waals surface area contributed by atoms with E-state index >= 15 is 0 Å². The maximum atomic E-state index is 12.2. The van der Waals surface area contributed by atoms with E-state index in [9.17, 15) is 10.2 Å². The largest absolute Gasteiger partial charge is 0.507 e. The Morgan fingerprint density at radius 1 is 0.677 bits per heavy atom. The molecule has 1 atom stereocenters. The highest BCUT2D eigenvalue weighted by molar-refractivity contribution is 5.83. The third-order valence-corrected chi connectivity index (χ3v) is 5.51. The zero-order valence-electron chi connectivity index (χ0n) is 17.2. The lowest BCUT2D eigenvalue weighted by atomic mass is 9.78. The summed E-state index contributed by atoms with van der Waals surface area (Å²) in [5, 5.41) is 22.4. The number of hydrogen-bond acceptors (Lipinski definition) is 3. The zero-order chi connectivity index (χ0) is 21.5. The Morgan fingerprint density at radius 3 is 1.71 bits per heavy atom. The molecule has 2 N–H and O–H groups in total. The molecule has 0 fully saturated rings. The average Bonchev–Trinajstić information content (AvgIpc) is 2.84. The van der Waals surface area contributed by atoms with E-state index in [4.69, 9.17) is 4.99 Å². The van der Waals surface area contributed by atoms with Crippen molar-refractivity contribution in [3.05, 3.63) is 138 Å². The highest BCUT2D eigenvalue weighted by Crippen LogP contribution is 2.36. The SMILES string of the molecule is Oc1ccccc1C=NC(Cc1ccccc1)C(O)(c1ccccc1)c1ccccc1. The van der Waals surface area contributed by atoms with Gasteiger partial charge in [0.2, 0.25) is 0 Å². The van der Waals surface area contributed by atoms with Crippen LogP contribution in [0.2, 0.25) is 0 Å². The van der Waals surface area contributed by atoms with Gasteiger partial charge < -0.3 is 10.2 Å². The molecule has 4 aromatic carbocycles. The number of aliphatic hydroxyl groups is 1. The Kier molecular flexibility index (Phi) is 6.25. The molecule has 4 aromatic rings. The first-order chi connectivity index (χ1) is 15.2. The molecule has 0 bridgehead atoms. The molecule has 0 saturated heterocycles. The van der Waals surface area contributed by atoms with Gasteiger partial charge in [0.15, 0.2) is 0 Å². The molecular weight excluding hydrogens is 382 g/mol. The minimum atomic E-state index is -1.35. The Hall–Kier alpha value is -3.69. The number of benzene rings is 4. The number of nitrogens with zero attached hydrogens (tertiary/aromatic N) is 1. The van der Waals surface area contributed by atoms with Crippen molar-refractivity contribution in [1.29, 1.82) is 0 Å². The molecule has 3 nitrogen and oxygen atoms in total. The molecule has 0 saturated carbocycles. The smallest absolute Gasteiger partial charge is 0.137 e. The van der Waals surface area contributed by atoms with Gasteiger partial charge in [-0.25, -0.2) is 0 Å². The van der Waals surface area contributed by atoms with Crippen LogP contribution in [0.1, 0.15) is 22.3 Å². The van der Waals surface area contributed by atoms with E-state index in [1.54, 1.807) is 18.3 Å². The van der Waals surface area contributed by atoms with E-state index in [1.165, 1.54) is 0 Å². The summed E-state index contributed by atoms with van der Waals surface area (Å²) in [4.78, 5) is 4.84. The Bertz CT molecular complexity index is 1090. The number of phenolic OH excluding ortho intramolecular Hbond substituents is 1. The van der Waals surface area contributed by atoms with Crippen LogP contribution >= 0.6 is 0 Å². The minimum absolute atomic E-state index is 0.160. The van der Waals surface area contributed by atoms with Crippen LogP contribution in [-0.4, -0.2) is 22.5 Å². The second-order valence-corrected chi connectivity index (χ2v) is 7.54. The van der Waals surface area contributed by atoms with Crippen LogP contribution in [0.25, 0.3) is 0 Å². The standard InChI is InChI=1S/C28H25NO2/c30-26-19-11-10-14-23(26)21-29-27(20-22-12-4-1-5-13-22)28(31,24-15-6-2-7-16-24)25-17-8-3-9-18-25/h1-19,21,27,30-31H,20H2. The van der Waals surface area contributed by atoms with Gasteiger partial charge in [0.25, 0.3) is 0 Å². The fourth-order valence-electron chi connectivity index (χ4n) is 3.85. The lowest BCUT2D eigenvalue weighted by Gasteiger charge is -2.35. The summed E-state index contributed by atoms with van der Waals surface area (Å²) in [7, 11) is 0. The Balaban J connectivity index is 1.85. The first-order valence-corrected chi connectivity index (χ1v) is 10.4. The third kappa shape index (κ3) is 4.57. The fourth-order valence-corrected chi connectivity index (χ4v) is 3.85. The molecule has 3 heteroatoms. The van der Waals surface area contributed by atoms with Crippen LogP contribution in [0.3, 0.4) is 0 Å². The van der Waals surface area contributed by atoms with Crippen molar-refractivity contribution >= 4 is 6.21 Å². The second kappa shape index (κ2) is 9.41. The predicted molar refractivity (Wildman–Crippen MR) is 126 cm³/mol. The Morgan fingerprint density at radius 2 is 1.16 bits per heavy atom. The molecule has 0 amide bonds. The van der Waals surface area contributed by atoms with Gasteiger partial charge in [0, 0.05) is 11.8 Å². The molecule has 4 rings (SSSR count). The molecule has 0 spiro atoms. The number of phenols is 1. The molecule has 0 radical (unpaired) electrons. The summed E-state index contributed by atoms with van der Waals surface area (Å²) in [5.74, 6) is 0.160. The first kappa shape index (κ1) is 20.6. The molecule has 1 unspecified atom stereocenters. The summed E-state index contributed by atoms with van der Waals surface area (Å²) in [6, 6.07) is 35.9. The molecule has 154 valence electrons. The van der Waals surface area contributed by atoms with E-state index in [0.717, 1.165) is 16.7 Å². The first-order valence-electron chi connectivity index (χ1n) is 10.4. The summed E-state index contributed by atoms with van der Waals surface area (Å²) < 4.78 is 0. The van der Waals surface area contributed by atoms with Gasteiger partial charge in [-0.3, -0.25) is 4.99 Å². The summed E-state index contributed by atoms with van der Waals surface area (Å²) in [5.41, 5.74) is 1.89. The van der Waals surface area contributed by atoms with Crippen molar-refractivity contribution in [2.24, 2.45) is 4.99 Å². The van der Waals surface area contributed by atoms with Crippen LogP contribution in [0, 0.1) is 0 Å². The van der Waals surface area contributed by atoms with Gasteiger partial charge in [-0.1, -0.05) is 103 Å². The topological polar surface area (TPSA) is 52.8 Å². The number of hydrogen-bond donors (Lipinski definition) is 2. The molecule has 0 aliphatic carbocycles. The highest BCUT2D eigenvalue weighted by atomic mass is 16.3. The fraction of sp³-hybridized carbons (Fsp3) is 0.107. The van der Waals surface area contributed by atoms with Crippen LogP contribution in [0.15, 0.2) is 120 Å². The quantitative estimate of drug-likeness (QED) is 0.405. The van der Waals surface area contributed by atoms with Crippen LogP contribution in [-0.2, 0) is 12.0 Å². The second-order valence-electron chi connectivity index (χ2n) is 7.54. The van der Waals surface area contributed by atoms with Crippen LogP contribution < -0.4 is 0 Å². The van der Waals surface area contributed by atoms with Crippen molar-refractivity contribution < 1.29 is 10.2 Å². The lowest BCUT2D eigenvalue weighted by molar-refractivity contribution is 0.0528. The summed E-state index contributed by atoms with van der Waals surface area (Å²) >= 11 is 0. The van der Waals surface area contributed by atoms with E-state index in [2.05, 4.69) is 0 Å². The van der Waals surface area contributed by atoms with Gasteiger partial charge in [0.05, 0.1) is 6.04 Å². The molecular formula is C28H25NO2. The van der Waals surface area contributed by atoms with Crippen molar-refractivity contribution in [3.8, 4) is 5.75 Å². The summed E-state index contributed by atoms with van der Waals surface area (Å²) in [6.45, 7) is 0. The highest BCUT2D eigenvalue weighted by Gasteiger charge is 2.40. The maximum absolute atomic E-state index is 12.2. The van der Waals surface area contributed by atoms with Gasteiger partial charge >= 0.3 is 0 Å². The minimum Gasteiger partial charge on any atom is -0.507 e. The molecule has 31 heavy (non-hydrogen) atoms. The van der Waals surface area contributed by atoms with Gasteiger partial charge in [-0.05, 0) is 35.2 Å². The van der Waals surface area contributed by atoms with Gasteiger partial charge in [-0.15, -0.1) is 0 Å². The molecule has 0 aliphatic heterocycles. The predicted octanol–water partition coefficient (Wildman–Crippen LogP) is 5.36. The van der Waals surface area contributed by atoms with E-state index in [-0.39, 0.29) is 5.75 Å². The average molecular weight is 408 g/mol. The number of aromatic hydroxyl groups is 1. The van der Waals surface area contributed by atoms with E-state index in [0.29, 0.717) is 12.0 Å². The lowest BCUT2D eigenvalue weighted by Crippen LogP contribution is -2.41. The van der Waals surface area contributed by atoms with Crippen molar-refractivity contribution in [1.82, 2.24) is 0 Å². The summed E-state index contributed by atoms with van der Waals surface area (Å²) in [6.07, 6.45) is 2.19. The van der Waals surface area contributed by atoms with E-state index < -0.39 is 11.6 Å². The normalized spacial score (nSPS) is 12.7. The van der Waals surface area contributed by atoms with Crippen molar-refractivity contribution in [3.63, 3.8) is 0 Å². The number of rotatable bonds is 7. The third-order valence-electron chi connectivity index (χ3n) is 5.51. The molecule has 0 aliphatic rings. The van der Waals surface area contributed by atoms with Crippen LogP contribution in [0.4, 0.5) is 0 Å². The monoisotopic (exact) mass is 407 g/mol. The maximum Gasteiger partial charge on any atom is 0.137 e. The van der Waals surface area contributed by atoms with Crippen molar-refractivity contribution in [2.45, 2.75) is 18.1 Å². The van der Waals surface area contributed by atoms with Crippen molar-refractivity contribution in [2.75, 3.05) is 0 Å². The molecule has 0 aromatic heterocycles. The molecule has 0 heterocycles. The van der Waals surface area contributed by atoms with E-state index in [1.807, 2.05) is 103 Å². The number of aliphatic imine (C=N–C) groups is 1. The number of para-hydroxylation sites is 1. The zero-order valence-corrected chi connectivity index (χ0v) is 17.2. The van der Waals surface area contributed by atoms with Gasteiger partial charge in [0.1, 0.15) is 11.4 Å².